The number of aliphatic hydroxyl groups excluding tert-OH is 1. The van der Waals surface area contributed by atoms with Crippen molar-refractivity contribution in [2.75, 3.05) is 19.4 Å². The maximum absolute atomic E-state index is 11.5. The van der Waals surface area contributed by atoms with Gasteiger partial charge < -0.3 is 10.4 Å². The first kappa shape index (κ1) is 11.9. The summed E-state index contributed by atoms with van der Waals surface area (Å²) in [4.78, 5) is 0. The van der Waals surface area contributed by atoms with E-state index < -0.39 is 20.6 Å². The lowest BCUT2D eigenvalue weighted by Crippen LogP contribution is -2.56. The fourth-order valence-corrected chi connectivity index (χ4v) is 4.15. The molecule has 0 radical (unpaired) electrons. The third kappa shape index (κ3) is 2.10. The van der Waals surface area contributed by atoms with Gasteiger partial charge in [0.05, 0.1) is 17.4 Å². The Labute approximate surface area is 85.6 Å². The summed E-state index contributed by atoms with van der Waals surface area (Å²) in [5, 5.41) is 12.1. The molecule has 2 N–H and O–H groups in total. The van der Waals surface area contributed by atoms with E-state index in [1.807, 2.05) is 6.92 Å². The van der Waals surface area contributed by atoms with E-state index in [2.05, 4.69) is 5.32 Å². The molecule has 2 unspecified atom stereocenters. The molecule has 14 heavy (non-hydrogen) atoms. The molecule has 1 aliphatic carbocycles. The SMILES string of the molecule is CCNC1(CO)CCCC1S(C)(=O)=O. The van der Waals surface area contributed by atoms with Gasteiger partial charge in [0.25, 0.3) is 0 Å². The molecular weight excluding hydrogens is 202 g/mol. The van der Waals surface area contributed by atoms with Crippen LogP contribution >= 0.6 is 0 Å². The first-order valence-electron chi connectivity index (χ1n) is 5.01. The summed E-state index contributed by atoms with van der Waals surface area (Å²) in [5.41, 5.74) is -0.595. The van der Waals surface area contributed by atoms with Gasteiger partial charge >= 0.3 is 0 Å². The third-order valence-electron chi connectivity index (χ3n) is 3.03. The number of nitrogens with one attached hydrogen (secondary N) is 1. The monoisotopic (exact) mass is 221 g/mol. The van der Waals surface area contributed by atoms with Crippen molar-refractivity contribution in [2.45, 2.75) is 37.0 Å². The Kier molecular flexibility index (Phi) is 3.55. The zero-order valence-electron chi connectivity index (χ0n) is 8.78. The average Bonchev–Trinajstić information content (AvgIpc) is 2.49. The molecule has 0 spiro atoms. The van der Waals surface area contributed by atoms with Gasteiger partial charge in [0.2, 0.25) is 0 Å². The molecule has 84 valence electrons. The molecule has 1 rings (SSSR count). The van der Waals surface area contributed by atoms with Crippen LogP contribution in [0.5, 0.6) is 0 Å². The second-order valence-electron chi connectivity index (χ2n) is 4.05. The largest absolute Gasteiger partial charge is 0.394 e. The van der Waals surface area contributed by atoms with E-state index in [-0.39, 0.29) is 6.61 Å². The second-order valence-corrected chi connectivity index (χ2v) is 6.28. The Bertz CT molecular complexity index is 288. The van der Waals surface area contributed by atoms with Gasteiger partial charge in [-0.3, -0.25) is 0 Å². The molecule has 0 heterocycles. The highest BCUT2D eigenvalue weighted by Gasteiger charge is 2.47. The van der Waals surface area contributed by atoms with E-state index in [1.54, 1.807) is 0 Å². The van der Waals surface area contributed by atoms with Crippen molar-refractivity contribution in [2.24, 2.45) is 0 Å². The van der Waals surface area contributed by atoms with Gasteiger partial charge in [-0.2, -0.15) is 0 Å². The summed E-state index contributed by atoms with van der Waals surface area (Å²) in [6.45, 7) is 2.51. The summed E-state index contributed by atoms with van der Waals surface area (Å²) in [7, 11) is -3.07. The van der Waals surface area contributed by atoms with Crippen LogP contribution in [0.1, 0.15) is 26.2 Å². The van der Waals surface area contributed by atoms with E-state index in [9.17, 15) is 13.5 Å². The van der Waals surface area contributed by atoms with E-state index in [0.29, 0.717) is 13.0 Å². The number of hydrogen-bond donors (Lipinski definition) is 2. The molecule has 0 saturated heterocycles. The van der Waals surface area contributed by atoms with Crippen LogP contribution in [0.3, 0.4) is 0 Å². The number of hydrogen-bond acceptors (Lipinski definition) is 4. The first-order chi connectivity index (χ1) is 6.46. The predicted molar refractivity (Wildman–Crippen MR) is 56.0 cm³/mol. The number of sulfone groups is 1. The van der Waals surface area contributed by atoms with Gasteiger partial charge in [-0.15, -0.1) is 0 Å². The Balaban J connectivity index is 2.94. The minimum Gasteiger partial charge on any atom is -0.394 e. The highest BCUT2D eigenvalue weighted by atomic mass is 32.2. The van der Waals surface area contributed by atoms with Gasteiger partial charge in [-0.1, -0.05) is 13.3 Å². The number of rotatable bonds is 4. The topological polar surface area (TPSA) is 66.4 Å². The molecule has 0 bridgehead atoms. The quantitative estimate of drug-likeness (QED) is 0.697. The summed E-state index contributed by atoms with van der Waals surface area (Å²) in [6.07, 6.45) is 3.53. The number of aliphatic hydroxyl groups is 1. The summed E-state index contributed by atoms with van der Waals surface area (Å²) >= 11 is 0. The van der Waals surface area contributed by atoms with Gasteiger partial charge in [-0.05, 0) is 19.4 Å². The van der Waals surface area contributed by atoms with Gasteiger partial charge in [0, 0.05) is 6.26 Å². The molecule has 1 aliphatic rings. The Morgan fingerprint density at radius 2 is 2.21 bits per heavy atom. The minimum absolute atomic E-state index is 0.0986. The molecule has 0 aromatic heterocycles. The molecule has 4 nitrogen and oxygen atoms in total. The maximum atomic E-state index is 11.5. The van der Waals surface area contributed by atoms with Crippen LogP contribution in [-0.2, 0) is 9.84 Å². The molecule has 1 saturated carbocycles. The van der Waals surface area contributed by atoms with Crippen molar-refractivity contribution in [3.05, 3.63) is 0 Å². The first-order valence-corrected chi connectivity index (χ1v) is 6.96. The molecule has 0 aliphatic heterocycles. The van der Waals surface area contributed by atoms with Crippen LogP contribution < -0.4 is 5.32 Å². The van der Waals surface area contributed by atoms with E-state index >= 15 is 0 Å². The van der Waals surface area contributed by atoms with Crippen molar-refractivity contribution in [1.82, 2.24) is 5.32 Å². The van der Waals surface area contributed by atoms with Crippen LogP contribution in [0.4, 0.5) is 0 Å². The summed E-state index contributed by atoms with van der Waals surface area (Å²) < 4.78 is 23.1. The smallest absolute Gasteiger partial charge is 0.152 e. The lowest BCUT2D eigenvalue weighted by Gasteiger charge is -2.33. The van der Waals surface area contributed by atoms with E-state index in [1.165, 1.54) is 6.26 Å². The van der Waals surface area contributed by atoms with Gasteiger partial charge in [0.15, 0.2) is 9.84 Å². The zero-order valence-corrected chi connectivity index (χ0v) is 9.60. The molecule has 5 heteroatoms. The van der Waals surface area contributed by atoms with Crippen molar-refractivity contribution in [3.8, 4) is 0 Å². The van der Waals surface area contributed by atoms with Crippen molar-refractivity contribution in [1.29, 1.82) is 0 Å². The van der Waals surface area contributed by atoms with Crippen LogP contribution in [0, 0.1) is 0 Å². The van der Waals surface area contributed by atoms with E-state index in [4.69, 9.17) is 0 Å². The molecule has 1 fully saturated rings. The fraction of sp³-hybridized carbons (Fsp3) is 1.00. The van der Waals surface area contributed by atoms with Crippen molar-refractivity contribution < 1.29 is 13.5 Å². The average molecular weight is 221 g/mol. The predicted octanol–water partition coefficient (Wildman–Crippen LogP) is -0.0759. The Hall–Kier alpha value is -0.130. The normalized spacial score (nSPS) is 33.5. The molecular formula is C9H19NO3S. The Morgan fingerprint density at radius 1 is 1.57 bits per heavy atom. The van der Waals surface area contributed by atoms with Gasteiger partial charge in [0.1, 0.15) is 0 Å². The highest BCUT2D eigenvalue weighted by Crippen LogP contribution is 2.34. The van der Waals surface area contributed by atoms with E-state index in [0.717, 1.165) is 12.8 Å². The summed E-state index contributed by atoms with van der Waals surface area (Å²) in [5.74, 6) is 0. The third-order valence-corrected chi connectivity index (χ3v) is 4.75. The second kappa shape index (κ2) is 4.16. The highest BCUT2D eigenvalue weighted by molar-refractivity contribution is 7.91. The van der Waals surface area contributed by atoms with Crippen molar-refractivity contribution >= 4 is 9.84 Å². The van der Waals surface area contributed by atoms with Crippen LogP contribution in [0.15, 0.2) is 0 Å². The van der Waals surface area contributed by atoms with Crippen LogP contribution in [0.25, 0.3) is 0 Å². The summed E-state index contributed by atoms with van der Waals surface area (Å²) in [6, 6.07) is 0. The lowest BCUT2D eigenvalue weighted by atomic mass is 9.98. The van der Waals surface area contributed by atoms with Crippen LogP contribution in [-0.4, -0.2) is 43.7 Å². The van der Waals surface area contributed by atoms with Gasteiger partial charge in [-0.25, -0.2) is 8.42 Å². The molecule has 2 atom stereocenters. The van der Waals surface area contributed by atoms with Crippen molar-refractivity contribution in [3.63, 3.8) is 0 Å². The Morgan fingerprint density at radius 3 is 2.64 bits per heavy atom. The van der Waals surface area contributed by atoms with Crippen LogP contribution in [0.2, 0.25) is 0 Å². The molecule has 0 aromatic rings. The fourth-order valence-electron chi connectivity index (χ4n) is 2.46. The minimum atomic E-state index is -3.07. The zero-order chi connectivity index (χ0) is 10.8. The molecule has 0 aromatic carbocycles. The molecule has 0 amide bonds. The lowest BCUT2D eigenvalue weighted by molar-refractivity contribution is 0.168. The number of likely N-dealkylation sites (N-methyl/N-ethyl adjacent to an activating group) is 1. The standard InChI is InChI=1S/C9H19NO3S/c1-3-10-9(7-11)6-4-5-8(9)14(2,12)13/h8,10-11H,3-7H2,1-2H3. The maximum Gasteiger partial charge on any atom is 0.152 e.